The van der Waals surface area contributed by atoms with Crippen molar-refractivity contribution in [2.24, 2.45) is 0 Å². The molecule has 0 spiro atoms. The maximum Gasteiger partial charge on any atom is 0.573 e. The number of ether oxygens (including phenoxy) is 2. The van der Waals surface area contributed by atoms with Crippen molar-refractivity contribution >= 4 is 5.97 Å². The first-order valence-corrected chi connectivity index (χ1v) is 8.12. The highest BCUT2D eigenvalue weighted by Crippen LogP contribution is 2.41. The van der Waals surface area contributed by atoms with Crippen LogP contribution in [-0.4, -0.2) is 12.3 Å². The molecule has 0 N–H and O–H groups in total. The molecule has 138 valence electrons. The van der Waals surface area contributed by atoms with E-state index < -0.39 is 17.7 Å². The number of nitriles is 1. The van der Waals surface area contributed by atoms with Crippen LogP contribution in [0, 0.1) is 11.3 Å². The number of halogens is 3. The van der Waals surface area contributed by atoms with E-state index >= 15 is 0 Å². The van der Waals surface area contributed by atoms with Crippen LogP contribution in [0.25, 0.3) is 0 Å². The van der Waals surface area contributed by atoms with Crippen molar-refractivity contribution in [3.63, 3.8) is 0 Å². The predicted octanol–water partition coefficient (Wildman–Crippen LogP) is 4.92. The third-order valence-corrected chi connectivity index (χ3v) is 4.32. The smallest absolute Gasteiger partial charge is 0.414 e. The molecular weight excluding hydrogens is 347 g/mol. The average molecular weight is 365 g/mol. The summed E-state index contributed by atoms with van der Waals surface area (Å²) in [6.07, 6.45) is 1.36. The molecule has 4 nitrogen and oxygen atoms in total. The van der Waals surface area contributed by atoms with E-state index in [9.17, 15) is 18.0 Å². The molecule has 1 aliphatic rings. The zero-order valence-corrected chi connectivity index (χ0v) is 14.0. The van der Waals surface area contributed by atoms with Crippen LogP contribution >= 0.6 is 0 Å². The van der Waals surface area contributed by atoms with E-state index in [2.05, 4.69) is 11.3 Å². The first-order chi connectivity index (χ1) is 12.3. The number of rotatable bonds is 5. The van der Waals surface area contributed by atoms with Gasteiger partial charge in [-0.2, -0.15) is 5.26 Å². The second-order valence-corrected chi connectivity index (χ2v) is 5.98. The number of benzene rings is 1. The molecule has 1 aliphatic carbocycles. The van der Waals surface area contributed by atoms with Gasteiger partial charge in [0.15, 0.2) is 0 Å². The molecule has 26 heavy (non-hydrogen) atoms. The lowest BCUT2D eigenvalue weighted by Crippen LogP contribution is -2.39. The molecule has 0 radical (unpaired) electrons. The Kier molecular flexibility index (Phi) is 6.09. The highest BCUT2D eigenvalue weighted by atomic mass is 19.4. The van der Waals surface area contributed by atoms with Gasteiger partial charge in [0.2, 0.25) is 5.76 Å². The van der Waals surface area contributed by atoms with Gasteiger partial charge in [-0.1, -0.05) is 44.1 Å². The van der Waals surface area contributed by atoms with Gasteiger partial charge in [0, 0.05) is 0 Å². The molecule has 1 saturated carbocycles. The van der Waals surface area contributed by atoms with Crippen LogP contribution in [0.1, 0.15) is 37.7 Å². The summed E-state index contributed by atoms with van der Waals surface area (Å²) in [4.78, 5) is 12.8. The van der Waals surface area contributed by atoms with E-state index in [4.69, 9.17) is 10.00 Å². The average Bonchev–Trinajstić information content (AvgIpc) is 2.61. The Hall–Kier alpha value is -2.75. The molecule has 1 fully saturated rings. The molecule has 0 unspecified atom stereocenters. The number of carbonyl (C=O) groups is 1. The Labute approximate surface area is 149 Å². The fourth-order valence-electron chi connectivity index (χ4n) is 3.14. The van der Waals surface area contributed by atoms with Crippen molar-refractivity contribution in [1.82, 2.24) is 0 Å². The molecule has 0 aliphatic heterocycles. The number of nitrogens with zero attached hydrogens (tertiary/aromatic N) is 1. The maximum absolute atomic E-state index is 12.8. The van der Waals surface area contributed by atoms with Gasteiger partial charge in [0.1, 0.15) is 11.8 Å². The van der Waals surface area contributed by atoms with E-state index in [-0.39, 0.29) is 11.5 Å². The van der Waals surface area contributed by atoms with Crippen molar-refractivity contribution in [3.8, 4) is 11.8 Å². The third-order valence-electron chi connectivity index (χ3n) is 4.32. The SMILES string of the molecule is C=C/C=C(/C#N)OC(=O)C1(c2ccc(OC(F)(F)F)cc2)CCCCC1. The summed E-state index contributed by atoms with van der Waals surface area (Å²) in [5.41, 5.74) is -0.445. The summed E-state index contributed by atoms with van der Waals surface area (Å²) in [6.45, 7) is 3.46. The molecule has 0 bridgehead atoms. The number of carbonyl (C=O) groups excluding carboxylic acids is 1. The van der Waals surface area contributed by atoms with Gasteiger partial charge in [-0.15, -0.1) is 13.2 Å². The highest BCUT2D eigenvalue weighted by molar-refractivity contribution is 5.84. The number of hydrogen-bond donors (Lipinski definition) is 0. The van der Waals surface area contributed by atoms with Crippen molar-refractivity contribution < 1.29 is 27.4 Å². The molecular formula is C19H18F3NO3. The summed E-state index contributed by atoms with van der Waals surface area (Å²) >= 11 is 0. The molecule has 1 aromatic carbocycles. The van der Waals surface area contributed by atoms with Crippen molar-refractivity contribution in [2.45, 2.75) is 43.9 Å². The van der Waals surface area contributed by atoms with E-state index in [0.717, 1.165) is 19.3 Å². The van der Waals surface area contributed by atoms with Gasteiger partial charge in [-0.3, -0.25) is 4.79 Å². The Balaban J connectivity index is 2.31. The van der Waals surface area contributed by atoms with Gasteiger partial charge in [-0.05, 0) is 36.6 Å². The number of hydrogen-bond acceptors (Lipinski definition) is 4. The van der Waals surface area contributed by atoms with Crippen molar-refractivity contribution in [2.75, 3.05) is 0 Å². The van der Waals surface area contributed by atoms with Gasteiger partial charge in [-0.25, -0.2) is 0 Å². The summed E-state index contributed by atoms with van der Waals surface area (Å²) in [5, 5.41) is 9.04. The summed E-state index contributed by atoms with van der Waals surface area (Å²) in [7, 11) is 0. The zero-order chi connectivity index (χ0) is 19.2. The topological polar surface area (TPSA) is 59.3 Å². The Morgan fingerprint density at radius 1 is 1.19 bits per heavy atom. The van der Waals surface area contributed by atoms with Crippen LogP contribution in [0.4, 0.5) is 13.2 Å². The van der Waals surface area contributed by atoms with E-state index in [1.165, 1.54) is 36.4 Å². The van der Waals surface area contributed by atoms with Gasteiger partial charge < -0.3 is 9.47 Å². The minimum absolute atomic E-state index is 0.174. The molecule has 1 aromatic rings. The zero-order valence-electron chi connectivity index (χ0n) is 14.0. The van der Waals surface area contributed by atoms with Crippen molar-refractivity contribution in [1.29, 1.82) is 5.26 Å². The van der Waals surface area contributed by atoms with Crippen LogP contribution in [0.3, 0.4) is 0 Å². The maximum atomic E-state index is 12.8. The summed E-state index contributed by atoms with van der Waals surface area (Å²) < 4.78 is 46.0. The Bertz CT molecular complexity index is 724. The van der Waals surface area contributed by atoms with Crippen LogP contribution in [-0.2, 0) is 14.9 Å². The van der Waals surface area contributed by atoms with Gasteiger partial charge >= 0.3 is 12.3 Å². The van der Waals surface area contributed by atoms with Crippen LogP contribution in [0.15, 0.2) is 48.8 Å². The van der Waals surface area contributed by atoms with Crippen LogP contribution in [0.5, 0.6) is 5.75 Å². The third kappa shape index (κ3) is 4.66. The molecule has 0 amide bonds. The lowest BCUT2D eigenvalue weighted by molar-refractivity contribution is -0.274. The van der Waals surface area contributed by atoms with Crippen LogP contribution in [0.2, 0.25) is 0 Å². The van der Waals surface area contributed by atoms with Gasteiger partial charge in [0.25, 0.3) is 0 Å². The molecule has 2 rings (SSSR count). The second kappa shape index (κ2) is 8.09. The van der Waals surface area contributed by atoms with E-state index in [0.29, 0.717) is 18.4 Å². The lowest BCUT2D eigenvalue weighted by atomic mass is 9.69. The molecule has 0 saturated heterocycles. The predicted molar refractivity (Wildman–Crippen MR) is 87.9 cm³/mol. The second-order valence-electron chi connectivity index (χ2n) is 5.98. The molecule has 0 heterocycles. The fraction of sp³-hybridized carbons (Fsp3) is 0.368. The minimum Gasteiger partial charge on any atom is -0.414 e. The molecule has 0 atom stereocenters. The molecule has 7 heteroatoms. The standard InChI is InChI=1S/C19H18F3NO3/c1-2-6-16(13-23)25-17(24)18(11-4-3-5-12-18)14-7-9-15(10-8-14)26-19(20,21)22/h2,6-10H,1,3-5,11-12H2/b16-6-. The van der Waals surface area contributed by atoms with E-state index in [1.807, 2.05) is 0 Å². The fourth-order valence-corrected chi connectivity index (χ4v) is 3.14. The number of esters is 1. The Morgan fingerprint density at radius 3 is 2.31 bits per heavy atom. The number of allylic oxidation sites excluding steroid dienone is 3. The first-order valence-electron chi connectivity index (χ1n) is 8.12. The minimum atomic E-state index is -4.78. The lowest BCUT2D eigenvalue weighted by Gasteiger charge is -2.35. The number of alkyl halides is 3. The van der Waals surface area contributed by atoms with E-state index in [1.54, 1.807) is 6.07 Å². The quantitative estimate of drug-likeness (QED) is 0.321. The van der Waals surface area contributed by atoms with Crippen molar-refractivity contribution in [3.05, 3.63) is 54.3 Å². The normalized spacial score (nSPS) is 17.1. The largest absolute Gasteiger partial charge is 0.573 e. The van der Waals surface area contributed by atoms with Crippen LogP contribution < -0.4 is 4.74 Å². The molecule has 0 aromatic heterocycles. The Morgan fingerprint density at radius 2 is 1.81 bits per heavy atom. The summed E-state index contributed by atoms with van der Waals surface area (Å²) in [5.74, 6) is -1.12. The highest BCUT2D eigenvalue weighted by Gasteiger charge is 2.43. The monoisotopic (exact) mass is 365 g/mol. The summed E-state index contributed by atoms with van der Waals surface area (Å²) in [6, 6.07) is 7.02. The van der Waals surface area contributed by atoms with Gasteiger partial charge in [0.05, 0.1) is 5.41 Å². The first kappa shape index (κ1) is 19.6.